The normalized spacial score (nSPS) is 11.8. The van der Waals surface area contributed by atoms with Crippen molar-refractivity contribution in [3.8, 4) is 0 Å². The first kappa shape index (κ1) is 18.4. The Kier molecular flexibility index (Phi) is 5.09. The molecule has 3 rings (SSSR count). The van der Waals surface area contributed by atoms with Crippen LogP contribution in [-0.2, 0) is 9.53 Å². The zero-order chi connectivity index (χ0) is 19.6. The van der Waals surface area contributed by atoms with Gasteiger partial charge in [0.25, 0.3) is 5.91 Å². The fraction of sp³-hybridized carbons (Fsp3) is 0.111. The molecule has 1 aromatic heterocycles. The summed E-state index contributed by atoms with van der Waals surface area (Å²) in [6, 6.07) is 8.67. The number of ether oxygens (including phenoxy) is 1. The molecular formula is C18H14ClN3O5. The van der Waals surface area contributed by atoms with E-state index < -0.39 is 23.9 Å². The highest BCUT2D eigenvalue weighted by Gasteiger charge is 2.20. The summed E-state index contributed by atoms with van der Waals surface area (Å²) in [6.07, 6.45) is 0.379. The molecule has 0 aliphatic rings. The van der Waals surface area contributed by atoms with Crippen LogP contribution in [0.15, 0.2) is 42.7 Å². The van der Waals surface area contributed by atoms with E-state index in [9.17, 15) is 14.4 Å². The van der Waals surface area contributed by atoms with Crippen molar-refractivity contribution in [3.63, 3.8) is 0 Å². The number of rotatable bonds is 5. The van der Waals surface area contributed by atoms with Gasteiger partial charge in [-0.2, -0.15) is 0 Å². The minimum absolute atomic E-state index is 0.0350. The van der Waals surface area contributed by atoms with Crippen molar-refractivity contribution in [2.24, 2.45) is 0 Å². The number of fused-ring (bicyclic) bond motifs is 1. The molecule has 1 amide bonds. The zero-order valence-corrected chi connectivity index (χ0v) is 14.8. The van der Waals surface area contributed by atoms with Crippen LogP contribution >= 0.6 is 11.6 Å². The molecule has 1 atom stereocenters. The molecule has 2 aromatic carbocycles. The van der Waals surface area contributed by atoms with E-state index in [1.54, 1.807) is 18.2 Å². The smallest absolute Gasteiger partial charge is 0.338 e. The van der Waals surface area contributed by atoms with Crippen molar-refractivity contribution in [3.05, 3.63) is 58.9 Å². The van der Waals surface area contributed by atoms with Crippen LogP contribution in [0.1, 0.15) is 27.6 Å². The van der Waals surface area contributed by atoms with Crippen LogP contribution in [0, 0.1) is 0 Å². The summed E-state index contributed by atoms with van der Waals surface area (Å²) < 4.78 is 5.17. The highest BCUT2D eigenvalue weighted by Crippen LogP contribution is 2.23. The maximum atomic E-state index is 12.3. The van der Waals surface area contributed by atoms with Crippen LogP contribution in [-0.4, -0.2) is 39.0 Å². The van der Waals surface area contributed by atoms with Gasteiger partial charge in [0.2, 0.25) is 0 Å². The van der Waals surface area contributed by atoms with Crippen molar-refractivity contribution in [2.75, 3.05) is 5.32 Å². The number of carboxylic acids is 1. The number of carbonyl (C=O) groups is 3. The number of nitrogens with zero attached hydrogens (tertiary/aromatic N) is 1. The Morgan fingerprint density at radius 2 is 1.93 bits per heavy atom. The summed E-state index contributed by atoms with van der Waals surface area (Å²) in [5, 5.41) is 11.6. The fourth-order valence-electron chi connectivity index (χ4n) is 2.33. The first-order valence-corrected chi connectivity index (χ1v) is 8.21. The highest BCUT2D eigenvalue weighted by atomic mass is 35.5. The molecule has 0 radical (unpaired) electrons. The lowest BCUT2D eigenvalue weighted by atomic mass is 10.2. The number of aromatic carboxylic acids is 1. The fourth-order valence-corrected chi connectivity index (χ4v) is 2.50. The molecule has 3 aromatic rings. The van der Waals surface area contributed by atoms with E-state index in [1.165, 1.54) is 31.5 Å². The number of benzene rings is 2. The van der Waals surface area contributed by atoms with Crippen LogP contribution in [0.2, 0.25) is 5.02 Å². The molecule has 1 unspecified atom stereocenters. The van der Waals surface area contributed by atoms with Gasteiger partial charge in [-0.05, 0) is 43.3 Å². The first-order valence-electron chi connectivity index (χ1n) is 7.83. The number of carboxylic acid groups (broad SMARTS) is 1. The topological polar surface area (TPSA) is 121 Å². The third kappa shape index (κ3) is 4.06. The second-order valence-corrected chi connectivity index (χ2v) is 6.08. The zero-order valence-electron chi connectivity index (χ0n) is 14.0. The maximum Gasteiger partial charge on any atom is 0.338 e. The molecule has 3 N–H and O–H groups in total. The van der Waals surface area contributed by atoms with E-state index >= 15 is 0 Å². The van der Waals surface area contributed by atoms with E-state index in [4.69, 9.17) is 21.4 Å². The van der Waals surface area contributed by atoms with Gasteiger partial charge in [0.15, 0.2) is 6.10 Å². The number of halogens is 1. The molecule has 0 spiro atoms. The van der Waals surface area contributed by atoms with Gasteiger partial charge >= 0.3 is 11.9 Å². The molecule has 0 saturated carbocycles. The molecule has 8 nitrogen and oxygen atoms in total. The lowest BCUT2D eigenvalue weighted by Gasteiger charge is -2.14. The monoisotopic (exact) mass is 387 g/mol. The number of amides is 1. The number of H-pyrrole nitrogens is 1. The van der Waals surface area contributed by atoms with E-state index in [-0.39, 0.29) is 21.8 Å². The number of hydrogen-bond acceptors (Lipinski definition) is 5. The number of esters is 1. The van der Waals surface area contributed by atoms with E-state index in [1.807, 2.05) is 0 Å². The van der Waals surface area contributed by atoms with E-state index in [2.05, 4.69) is 15.3 Å². The van der Waals surface area contributed by atoms with Crippen molar-refractivity contribution in [1.29, 1.82) is 0 Å². The van der Waals surface area contributed by atoms with Gasteiger partial charge in [-0.1, -0.05) is 11.6 Å². The standard InChI is InChI=1S/C18H14ClN3O5/c1-9(16(23)22-14-6-10(17(24)25)2-4-12(14)19)27-18(26)11-3-5-13-15(7-11)21-8-20-13/h2-9H,1H3,(H,20,21)(H,22,23)(H,24,25). The molecule has 27 heavy (non-hydrogen) atoms. The number of carbonyl (C=O) groups excluding carboxylic acids is 2. The van der Waals surface area contributed by atoms with Crippen LogP contribution in [0.5, 0.6) is 0 Å². The minimum Gasteiger partial charge on any atom is -0.478 e. The van der Waals surface area contributed by atoms with Crippen LogP contribution in [0.25, 0.3) is 11.0 Å². The van der Waals surface area contributed by atoms with Crippen LogP contribution in [0.3, 0.4) is 0 Å². The van der Waals surface area contributed by atoms with Crippen molar-refractivity contribution in [1.82, 2.24) is 9.97 Å². The largest absolute Gasteiger partial charge is 0.478 e. The third-order valence-electron chi connectivity index (χ3n) is 3.78. The predicted octanol–water partition coefficient (Wildman–Crippen LogP) is 3.10. The molecule has 138 valence electrons. The molecule has 9 heteroatoms. The third-order valence-corrected chi connectivity index (χ3v) is 4.11. The highest BCUT2D eigenvalue weighted by molar-refractivity contribution is 6.34. The predicted molar refractivity (Wildman–Crippen MR) is 98.0 cm³/mol. The summed E-state index contributed by atoms with van der Waals surface area (Å²) in [4.78, 5) is 42.5. The second-order valence-electron chi connectivity index (χ2n) is 5.67. The lowest BCUT2D eigenvalue weighted by molar-refractivity contribution is -0.123. The van der Waals surface area contributed by atoms with E-state index in [0.29, 0.717) is 11.0 Å². The summed E-state index contributed by atoms with van der Waals surface area (Å²) in [6.45, 7) is 1.40. The Balaban J connectivity index is 1.69. The Hall–Kier alpha value is -3.39. The molecule has 0 bridgehead atoms. The second kappa shape index (κ2) is 7.46. The number of nitrogens with one attached hydrogen (secondary N) is 2. The number of imidazole rings is 1. The number of aromatic nitrogens is 2. The Labute approximate surface area is 158 Å². The number of hydrogen-bond donors (Lipinski definition) is 3. The molecule has 0 aliphatic heterocycles. The van der Waals surface area contributed by atoms with Crippen molar-refractivity contribution in [2.45, 2.75) is 13.0 Å². The van der Waals surface area contributed by atoms with Gasteiger partial charge in [0, 0.05) is 0 Å². The van der Waals surface area contributed by atoms with E-state index in [0.717, 1.165) is 0 Å². The average Bonchev–Trinajstić information content (AvgIpc) is 3.10. The molecule has 0 aliphatic carbocycles. The van der Waals surface area contributed by atoms with Gasteiger partial charge in [-0.3, -0.25) is 4.79 Å². The summed E-state index contributed by atoms with van der Waals surface area (Å²) >= 11 is 5.97. The molecular weight excluding hydrogens is 374 g/mol. The van der Waals surface area contributed by atoms with Crippen molar-refractivity contribution >= 4 is 46.2 Å². The summed E-state index contributed by atoms with van der Waals surface area (Å²) in [5.41, 5.74) is 1.71. The molecule has 0 fully saturated rings. The SMILES string of the molecule is CC(OC(=O)c1ccc2nc[nH]c2c1)C(=O)Nc1cc(C(=O)O)ccc1Cl. The summed E-state index contributed by atoms with van der Waals surface area (Å²) in [7, 11) is 0. The van der Waals surface area contributed by atoms with Gasteiger partial charge in [0.1, 0.15) is 0 Å². The van der Waals surface area contributed by atoms with Crippen LogP contribution < -0.4 is 5.32 Å². The lowest BCUT2D eigenvalue weighted by Crippen LogP contribution is -2.30. The minimum atomic E-state index is -1.16. The molecule has 1 heterocycles. The maximum absolute atomic E-state index is 12.3. The molecule has 0 saturated heterocycles. The van der Waals surface area contributed by atoms with Crippen molar-refractivity contribution < 1.29 is 24.2 Å². The quantitative estimate of drug-likeness (QED) is 0.578. The number of anilines is 1. The van der Waals surface area contributed by atoms with Gasteiger partial charge < -0.3 is 20.1 Å². The van der Waals surface area contributed by atoms with Gasteiger partial charge in [-0.25, -0.2) is 14.6 Å². The van der Waals surface area contributed by atoms with Gasteiger partial charge in [-0.15, -0.1) is 0 Å². The average molecular weight is 388 g/mol. The Morgan fingerprint density at radius 3 is 2.67 bits per heavy atom. The number of aromatic amines is 1. The van der Waals surface area contributed by atoms with Gasteiger partial charge in [0.05, 0.1) is 39.2 Å². The Morgan fingerprint density at radius 1 is 1.19 bits per heavy atom. The summed E-state index contributed by atoms with van der Waals surface area (Å²) in [5.74, 6) is -2.48. The first-order chi connectivity index (χ1) is 12.8. The Bertz CT molecular complexity index is 1050. The van der Waals surface area contributed by atoms with Crippen LogP contribution in [0.4, 0.5) is 5.69 Å².